The molecule has 102 valence electrons. The maximum atomic E-state index is 12.6. The largest absolute Gasteiger partial charge is 0.506 e. The van der Waals surface area contributed by atoms with Gasteiger partial charge >= 0.3 is 12.3 Å². The monoisotopic (exact) mass is 393 g/mol. The molecule has 0 aliphatic carbocycles. The topological polar surface area (TPSA) is 32.3 Å². The summed E-state index contributed by atoms with van der Waals surface area (Å²) in [5.41, 5.74) is 0.566. The molecule has 0 radical (unpaired) electrons. The fourth-order valence-corrected chi connectivity index (χ4v) is 2.45. The van der Waals surface area contributed by atoms with Crippen LogP contribution in [0.4, 0.5) is 17.6 Å². The van der Waals surface area contributed by atoms with Crippen LogP contribution in [0.25, 0.3) is 0 Å². The van der Waals surface area contributed by atoms with Crippen LogP contribution < -0.4 is 5.32 Å². The molecule has 0 fully saturated rings. The first-order valence-electron chi connectivity index (χ1n) is 4.77. The van der Waals surface area contributed by atoms with Gasteiger partial charge < -0.3 is 10.4 Å². The van der Waals surface area contributed by atoms with Crippen molar-refractivity contribution in [1.29, 1.82) is 0 Å². The fourth-order valence-electron chi connectivity index (χ4n) is 1.17. The summed E-state index contributed by atoms with van der Waals surface area (Å²) in [7, 11) is 0. The average molecular weight is 395 g/mol. The highest BCUT2D eigenvalue weighted by Crippen LogP contribution is 2.33. The second kappa shape index (κ2) is 6.21. The number of phenolic OH excluding ortho intramolecular Hbond substituents is 1. The Morgan fingerprint density at radius 2 is 1.72 bits per heavy atom. The maximum absolute atomic E-state index is 12.6. The van der Waals surface area contributed by atoms with Gasteiger partial charge in [-0.3, -0.25) is 0 Å². The third kappa shape index (κ3) is 4.10. The zero-order valence-electron chi connectivity index (χ0n) is 8.86. The maximum Gasteiger partial charge on any atom is 0.319 e. The molecule has 8 heteroatoms. The van der Waals surface area contributed by atoms with Crippen LogP contribution >= 0.6 is 31.9 Å². The summed E-state index contributed by atoms with van der Waals surface area (Å²) in [6, 6.07) is 3.02. The molecule has 18 heavy (non-hydrogen) atoms. The lowest BCUT2D eigenvalue weighted by atomic mass is 10.2. The van der Waals surface area contributed by atoms with Crippen LogP contribution in [0.2, 0.25) is 0 Å². The van der Waals surface area contributed by atoms with Gasteiger partial charge in [0.1, 0.15) is 5.75 Å². The van der Waals surface area contributed by atoms with E-state index in [0.29, 0.717) is 14.5 Å². The van der Waals surface area contributed by atoms with Crippen molar-refractivity contribution < 1.29 is 22.7 Å². The van der Waals surface area contributed by atoms with E-state index in [0.717, 1.165) is 0 Å². The Balaban J connectivity index is 2.60. The predicted molar refractivity (Wildman–Crippen MR) is 66.2 cm³/mol. The highest BCUT2D eigenvalue weighted by atomic mass is 79.9. The molecule has 2 N–H and O–H groups in total. The smallest absolute Gasteiger partial charge is 0.319 e. The fraction of sp³-hybridized carbons (Fsp3) is 0.400. The number of rotatable bonds is 5. The minimum atomic E-state index is -4.05. The zero-order chi connectivity index (χ0) is 13.9. The van der Waals surface area contributed by atoms with Gasteiger partial charge in [-0.2, -0.15) is 8.78 Å². The van der Waals surface area contributed by atoms with E-state index in [4.69, 9.17) is 0 Å². The first-order chi connectivity index (χ1) is 8.24. The van der Waals surface area contributed by atoms with Gasteiger partial charge in [-0.15, -0.1) is 0 Å². The average Bonchev–Trinajstić information content (AvgIpc) is 2.25. The van der Waals surface area contributed by atoms with Crippen molar-refractivity contribution in [2.45, 2.75) is 18.9 Å². The Kier molecular flexibility index (Phi) is 5.42. The molecule has 0 saturated carbocycles. The van der Waals surface area contributed by atoms with Gasteiger partial charge in [-0.1, -0.05) is 0 Å². The lowest BCUT2D eigenvalue weighted by Gasteiger charge is -2.16. The van der Waals surface area contributed by atoms with Gasteiger partial charge in [0, 0.05) is 6.54 Å². The van der Waals surface area contributed by atoms with E-state index in [2.05, 4.69) is 37.2 Å². The summed E-state index contributed by atoms with van der Waals surface area (Å²) in [6.45, 7) is -1.12. The Hall–Kier alpha value is -0.340. The van der Waals surface area contributed by atoms with Crippen LogP contribution in [-0.2, 0) is 6.54 Å². The van der Waals surface area contributed by atoms with Crippen molar-refractivity contribution in [2.24, 2.45) is 0 Å². The summed E-state index contributed by atoms with van der Waals surface area (Å²) in [6.07, 6.45) is -3.69. The predicted octanol–water partition coefficient (Wildman–Crippen LogP) is 3.91. The second-order valence-corrected chi connectivity index (χ2v) is 5.28. The van der Waals surface area contributed by atoms with Crippen molar-refractivity contribution in [3.05, 3.63) is 26.6 Å². The SMILES string of the molecule is Oc1c(Br)cc(CNCC(F)(F)C(F)F)cc1Br. The van der Waals surface area contributed by atoms with E-state index in [9.17, 15) is 22.7 Å². The minimum Gasteiger partial charge on any atom is -0.506 e. The Morgan fingerprint density at radius 3 is 2.17 bits per heavy atom. The number of halogens is 6. The molecule has 1 rings (SSSR count). The van der Waals surface area contributed by atoms with Crippen molar-refractivity contribution in [3.63, 3.8) is 0 Å². The summed E-state index contributed by atoms with van der Waals surface area (Å²) < 4.78 is 49.7. The molecule has 0 unspecified atom stereocenters. The van der Waals surface area contributed by atoms with Gasteiger partial charge in [0.2, 0.25) is 0 Å². The highest BCUT2D eigenvalue weighted by Gasteiger charge is 2.39. The van der Waals surface area contributed by atoms with Gasteiger partial charge in [0.15, 0.2) is 0 Å². The molecule has 0 saturated heterocycles. The van der Waals surface area contributed by atoms with Gasteiger partial charge in [0.05, 0.1) is 15.5 Å². The number of nitrogens with one attached hydrogen (secondary N) is 1. The van der Waals surface area contributed by atoms with E-state index in [-0.39, 0.29) is 12.3 Å². The lowest BCUT2D eigenvalue weighted by Crippen LogP contribution is -2.38. The first kappa shape index (κ1) is 15.7. The second-order valence-electron chi connectivity index (χ2n) is 3.57. The van der Waals surface area contributed by atoms with Crippen molar-refractivity contribution in [2.75, 3.05) is 6.54 Å². The minimum absolute atomic E-state index is 0.0141. The molecule has 0 aliphatic rings. The third-order valence-corrected chi connectivity index (χ3v) is 3.29. The number of benzene rings is 1. The summed E-state index contributed by atoms with van der Waals surface area (Å²) in [4.78, 5) is 0. The summed E-state index contributed by atoms with van der Waals surface area (Å²) >= 11 is 6.15. The number of hydrogen-bond acceptors (Lipinski definition) is 2. The Labute approximate surface area is 118 Å². The van der Waals surface area contributed by atoms with Crippen LogP contribution in [0.15, 0.2) is 21.1 Å². The third-order valence-electron chi connectivity index (χ3n) is 2.09. The Morgan fingerprint density at radius 1 is 1.22 bits per heavy atom. The van der Waals surface area contributed by atoms with Crippen LogP contribution in [-0.4, -0.2) is 24.0 Å². The molecule has 0 amide bonds. The highest BCUT2D eigenvalue weighted by molar-refractivity contribution is 9.11. The summed E-state index contributed by atoms with van der Waals surface area (Å²) in [5, 5.41) is 11.7. The lowest BCUT2D eigenvalue weighted by molar-refractivity contribution is -0.125. The number of phenols is 1. The normalized spacial score (nSPS) is 12.2. The van der Waals surface area contributed by atoms with Gasteiger partial charge in [-0.05, 0) is 49.6 Å². The van der Waals surface area contributed by atoms with E-state index < -0.39 is 18.9 Å². The van der Waals surface area contributed by atoms with Gasteiger partial charge in [0.25, 0.3) is 0 Å². The first-order valence-corrected chi connectivity index (χ1v) is 6.36. The number of aromatic hydroxyl groups is 1. The molecule has 0 spiro atoms. The van der Waals surface area contributed by atoms with Crippen molar-refractivity contribution in [3.8, 4) is 5.75 Å². The van der Waals surface area contributed by atoms with Crippen molar-refractivity contribution in [1.82, 2.24) is 5.32 Å². The summed E-state index contributed by atoms with van der Waals surface area (Å²) in [5.74, 6) is -4.07. The van der Waals surface area contributed by atoms with Gasteiger partial charge in [-0.25, -0.2) is 8.78 Å². The molecule has 1 aromatic carbocycles. The zero-order valence-corrected chi connectivity index (χ0v) is 12.0. The van der Waals surface area contributed by atoms with Crippen molar-refractivity contribution >= 4 is 31.9 Å². The van der Waals surface area contributed by atoms with Crippen LogP contribution in [0, 0.1) is 0 Å². The number of hydrogen-bond donors (Lipinski definition) is 2. The van der Waals surface area contributed by atoms with Crippen LogP contribution in [0.3, 0.4) is 0 Å². The molecule has 2 nitrogen and oxygen atoms in total. The molecule has 0 aromatic heterocycles. The molecule has 1 aromatic rings. The Bertz CT molecular complexity index is 405. The standard InChI is InChI=1S/C10H9Br2F4NO/c11-6-1-5(2-7(12)8(6)18)3-17-4-10(15,16)9(13)14/h1-2,9,17-18H,3-4H2. The van der Waals surface area contributed by atoms with Crippen LogP contribution in [0.5, 0.6) is 5.75 Å². The molecule has 0 bridgehead atoms. The van der Waals surface area contributed by atoms with E-state index in [1.54, 1.807) is 0 Å². The quantitative estimate of drug-likeness (QED) is 0.742. The molecule has 0 aliphatic heterocycles. The molecular weight excluding hydrogens is 386 g/mol. The molecule has 0 atom stereocenters. The number of alkyl halides is 4. The molecule has 0 heterocycles. The van der Waals surface area contributed by atoms with Crippen LogP contribution in [0.1, 0.15) is 5.56 Å². The van der Waals surface area contributed by atoms with E-state index in [1.807, 2.05) is 0 Å². The van der Waals surface area contributed by atoms with E-state index in [1.165, 1.54) is 12.1 Å². The molecular formula is C10H9Br2F4NO. The van der Waals surface area contributed by atoms with E-state index >= 15 is 0 Å².